The highest BCUT2D eigenvalue weighted by atomic mass is 15.0. The van der Waals surface area contributed by atoms with Gasteiger partial charge in [-0.15, -0.1) is 0 Å². The summed E-state index contributed by atoms with van der Waals surface area (Å²) in [4.78, 5) is 4.69. The molecule has 0 bridgehead atoms. The molecule has 3 heteroatoms. The molecule has 78 valence electrons. The molecule has 15 heavy (non-hydrogen) atoms. The lowest BCUT2D eigenvalue weighted by Gasteiger charge is -1.99. The zero-order chi connectivity index (χ0) is 10.4. The molecule has 1 aliphatic carbocycles. The maximum absolute atomic E-state index is 5.62. The molecule has 2 aromatic rings. The molecule has 0 radical (unpaired) electrons. The second-order valence-electron chi connectivity index (χ2n) is 4.32. The van der Waals surface area contributed by atoms with Gasteiger partial charge in [-0.3, -0.25) is 0 Å². The van der Waals surface area contributed by atoms with Crippen LogP contribution in [0.4, 0.5) is 0 Å². The number of hydrogen-bond donors (Lipinski definition) is 1. The molecule has 1 fully saturated rings. The molecule has 1 saturated carbocycles. The molecule has 0 aromatic carbocycles. The number of aryl methyl sites for hydroxylation is 1. The van der Waals surface area contributed by atoms with Gasteiger partial charge in [-0.25, -0.2) is 4.98 Å². The van der Waals surface area contributed by atoms with Gasteiger partial charge in [-0.1, -0.05) is 0 Å². The van der Waals surface area contributed by atoms with Gasteiger partial charge in [-0.2, -0.15) is 0 Å². The maximum Gasteiger partial charge on any atom is 0.137 e. The normalized spacial score (nSPS) is 16.1. The summed E-state index contributed by atoms with van der Waals surface area (Å²) in [5.74, 6) is 0.714. The van der Waals surface area contributed by atoms with E-state index in [-0.39, 0.29) is 0 Å². The average molecular weight is 201 g/mol. The molecule has 2 aromatic heterocycles. The Morgan fingerprint density at radius 1 is 1.53 bits per heavy atom. The minimum absolute atomic E-state index is 0.584. The maximum atomic E-state index is 5.62. The Hall–Kier alpha value is -1.35. The largest absolute Gasteiger partial charge is 0.326 e. The van der Waals surface area contributed by atoms with Crippen LogP contribution in [0.1, 0.15) is 35.7 Å². The molecular formula is C12H15N3. The Bertz CT molecular complexity index is 509. The number of nitrogens with zero attached hydrogens (tertiary/aromatic N) is 2. The summed E-state index contributed by atoms with van der Waals surface area (Å²) in [6, 6.07) is 4.15. The molecule has 0 aliphatic heterocycles. The van der Waals surface area contributed by atoms with E-state index in [4.69, 9.17) is 10.7 Å². The fourth-order valence-electron chi connectivity index (χ4n) is 2.10. The number of hydrogen-bond acceptors (Lipinski definition) is 2. The molecule has 0 saturated heterocycles. The number of nitrogens with two attached hydrogens (primary N) is 1. The van der Waals surface area contributed by atoms with Gasteiger partial charge in [0.15, 0.2) is 0 Å². The third-order valence-corrected chi connectivity index (χ3v) is 3.17. The van der Waals surface area contributed by atoms with Gasteiger partial charge in [0, 0.05) is 24.4 Å². The summed E-state index contributed by atoms with van der Waals surface area (Å²) in [7, 11) is 0. The molecule has 0 spiro atoms. The first kappa shape index (κ1) is 8.92. The van der Waals surface area contributed by atoms with E-state index < -0.39 is 0 Å². The molecule has 1 aliphatic rings. The van der Waals surface area contributed by atoms with Gasteiger partial charge in [0.1, 0.15) is 5.65 Å². The second-order valence-corrected chi connectivity index (χ2v) is 4.32. The monoisotopic (exact) mass is 201 g/mol. The van der Waals surface area contributed by atoms with Crippen LogP contribution in [0, 0.1) is 6.92 Å². The quantitative estimate of drug-likeness (QED) is 0.807. The van der Waals surface area contributed by atoms with Crippen LogP contribution in [0.3, 0.4) is 0 Å². The van der Waals surface area contributed by atoms with E-state index >= 15 is 0 Å². The van der Waals surface area contributed by atoms with Crippen LogP contribution < -0.4 is 5.73 Å². The lowest BCUT2D eigenvalue weighted by Crippen LogP contribution is -1.97. The number of pyridine rings is 1. The van der Waals surface area contributed by atoms with Crippen molar-refractivity contribution in [3.63, 3.8) is 0 Å². The molecule has 0 atom stereocenters. The number of aromatic nitrogens is 2. The topological polar surface area (TPSA) is 43.3 Å². The minimum atomic E-state index is 0.584. The first-order valence-electron chi connectivity index (χ1n) is 5.47. The zero-order valence-corrected chi connectivity index (χ0v) is 8.90. The van der Waals surface area contributed by atoms with Crippen LogP contribution in [0.5, 0.6) is 0 Å². The van der Waals surface area contributed by atoms with Gasteiger partial charge in [0.25, 0.3) is 0 Å². The van der Waals surface area contributed by atoms with Crippen LogP contribution in [-0.2, 0) is 6.54 Å². The van der Waals surface area contributed by atoms with Crippen LogP contribution in [0.15, 0.2) is 18.3 Å². The van der Waals surface area contributed by atoms with E-state index in [1.54, 1.807) is 0 Å². The molecule has 2 heterocycles. The van der Waals surface area contributed by atoms with Crippen LogP contribution in [0.25, 0.3) is 5.65 Å². The van der Waals surface area contributed by atoms with Crippen molar-refractivity contribution in [2.24, 2.45) is 5.73 Å². The second kappa shape index (κ2) is 3.07. The fraction of sp³-hybridized carbons (Fsp3) is 0.417. The van der Waals surface area contributed by atoms with Crippen molar-refractivity contribution >= 4 is 5.65 Å². The van der Waals surface area contributed by atoms with Gasteiger partial charge >= 0.3 is 0 Å². The standard InChI is InChI=1S/C12H15N3/c1-8-12(10-2-3-10)14-11-6-9(7-13)4-5-15(8)11/h4-6,10H,2-3,7,13H2,1H3. The highest BCUT2D eigenvalue weighted by molar-refractivity contribution is 5.47. The van der Waals surface area contributed by atoms with Gasteiger partial charge in [-0.05, 0) is 37.5 Å². The van der Waals surface area contributed by atoms with Gasteiger partial charge < -0.3 is 10.1 Å². The van der Waals surface area contributed by atoms with E-state index in [0.29, 0.717) is 12.5 Å². The Morgan fingerprint density at radius 2 is 2.33 bits per heavy atom. The van der Waals surface area contributed by atoms with E-state index in [2.05, 4.69) is 29.7 Å². The highest BCUT2D eigenvalue weighted by Crippen LogP contribution is 2.41. The number of rotatable bonds is 2. The molecule has 3 nitrogen and oxygen atoms in total. The molecular weight excluding hydrogens is 186 g/mol. The Morgan fingerprint density at radius 3 is 3.00 bits per heavy atom. The smallest absolute Gasteiger partial charge is 0.137 e. The Kier molecular flexibility index (Phi) is 1.83. The lowest BCUT2D eigenvalue weighted by molar-refractivity contribution is 1.00. The van der Waals surface area contributed by atoms with Crippen molar-refractivity contribution in [1.82, 2.24) is 9.38 Å². The summed E-state index contributed by atoms with van der Waals surface area (Å²) in [6.07, 6.45) is 4.68. The van der Waals surface area contributed by atoms with Crippen LogP contribution in [-0.4, -0.2) is 9.38 Å². The molecule has 0 amide bonds. The highest BCUT2D eigenvalue weighted by Gasteiger charge is 2.28. The van der Waals surface area contributed by atoms with E-state index in [0.717, 1.165) is 11.2 Å². The SMILES string of the molecule is Cc1c(C2CC2)nc2cc(CN)ccn12. The number of fused-ring (bicyclic) bond motifs is 1. The van der Waals surface area contributed by atoms with Crippen molar-refractivity contribution in [1.29, 1.82) is 0 Å². The summed E-state index contributed by atoms with van der Waals surface area (Å²) in [6.45, 7) is 2.73. The van der Waals surface area contributed by atoms with Crippen molar-refractivity contribution in [2.75, 3.05) is 0 Å². The van der Waals surface area contributed by atoms with Gasteiger partial charge in [0.05, 0.1) is 5.69 Å². The fourth-order valence-corrected chi connectivity index (χ4v) is 2.10. The third-order valence-electron chi connectivity index (χ3n) is 3.17. The average Bonchev–Trinajstić information content (AvgIpc) is 3.04. The summed E-state index contributed by atoms with van der Waals surface area (Å²) >= 11 is 0. The van der Waals surface area contributed by atoms with Crippen molar-refractivity contribution in [3.8, 4) is 0 Å². The van der Waals surface area contributed by atoms with Crippen LogP contribution in [0.2, 0.25) is 0 Å². The molecule has 0 unspecified atom stereocenters. The van der Waals surface area contributed by atoms with Crippen molar-refractivity contribution < 1.29 is 0 Å². The molecule has 2 N–H and O–H groups in total. The summed E-state index contributed by atoms with van der Waals surface area (Å²) < 4.78 is 2.16. The third kappa shape index (κ3) is 1.35. The van der Waals surface area contributed by atoms with Crippen LogP contribution >= 0.6 is 0 Å². The zero-order valence-electron chi connectivity index (χ0n) is 8.90. The summed E-state index contributed by atoms with van der Waals surface area (Å²) in [5.41, 5.74) is 10.4. The number of imidazole rings is 1. The van der Waals surface area contributed by atoms with E-state index in [9.17, 15) is 0 Å². The lowest BCUT2D eigenvalue weighted by atomic mass is 10.2. The Balaban J connectivity index is 2.20. The van der Waals surface area contributed by atoms with Crippen molar-refractivity contribution in [3.05, 3.63) is 35.3 Å². The summed E-state index contributed by atoms with van der Waals surface area (Å²) in [5, 5.41) is 0. The van der Waals surface area contributed by atoms with E-state index in [1.165, 1.54) is 24.2 Å². The van der Waals surface area contributed by atoms with E-state index in [1.807, 2.05) is 0 Å². The first-order valence-corrected chi connectivity index (χ1v) is 5.47. The van der Waals surface area contributed by atoms with Gasteiger partial charge in [0.2, 0.25) is 0 Å². The van der Waals surface area contributed by atoms with Crippen molar-refractivity contribution in [2.45, 2.75) is 32.2 Å². The molecule has 3 rings (SSSR count). The Labute approximate surface area is 88.9 Å². The predicted molar refractivity (Wildman–Crippen MR) is 59.8 cm³/mol. The minimum Gasteiger partial charge on any atom is -0.326 e. The predicted octanol–water partition coefficient (Wildman–Crippen LogP) is 1.98. The first-order chi connectivity index (χ1) is 7.29.